The molecule has 1 aromatic rings. The summed E-state index contributed by atoms with van der Waals surface area (Å²) in [6.07, 6.45) is 5.33. The number of piperidine rings is 1. The Morgan fingerprint density at radius 1 is 1.50 bits per heavy atom. The van der Waals surface area contributed by atoms with Crippen molar-refractivity contribution in [3.8, 4) is 0 Å². The largest absolute Gasteiger partial charge is 0.382 e. The Morgan fingerprint density at radius 2 is 2.28 bits per heavy atom. The normalized spacial score (nSPS) is 24.0. The number of hydrogen-bond acceptors (Lipinski definition) is 5. The molecule has 0 radical (unpaired) electrons. The van der Waals surface area contributed by atoms with Gasteiger partial charge in [-0.25, -0.2) is 9.97 Å². The third kappa shape index (κ3) is 2.59. The van der Waals surface area contributed by atoms with Crippen molar-refractivity contribution in [1.82, 2.24) is 9.97 Å². The first kappa shape index (κ1) is 12.8. The van der Waals surface area contributed by atoms with Crippen molar-refractivity contribution in [3.63, 3.8) is 0 Å². The Bertz CT molecular complexity index is 433. The molecule has 1 unspecified atom stereocenters. The number of ether oxygens (including phenoxy) is 1. The van der Waals surface area contributed by atoms with Crippen LogP contribution in [0.3, 0.4) is 0 Å². The van der Waals surface area contributed by atoms with E-state index >= 15 is 0 Å². The van der Waals surface area contributed by atoms with Crippen molar-refractivity contribution in [2.24, 2.45) is 5.73 Å². The van der Waals surface area contributed by atoms with Gasteiger partial charge in [0.15, 0.2) is 0 Å². The zero-order chi connectivity index (χ0) is 13.2. The minimum Gasteiger partial charge on any atom is -0.382 e. The van der Waals surface area contributed by atoms with Crippen LogP contribution in [0.15, 0.2) is 12.4 Å². The molecule has 1 saturated heterocycles. The molecule has 18 heavy (non-hydrogen) atoms. The zero-order valence-electron chi connectivity index (χ0n) is 10.8. The van der Waals surface area contributed by atoms with E-state index in [1.165, 1.54) is 6.20 Å². The van der Waals surface area contributed by atoms with E-state index < -0.39 is 0 Å². The predicted octanol–water partition coefficient (Wildman–Crippen LogP) is 0.766. The maximum atomic E-state index is 7.28. The van der Waals surface area contributed by atoms with Gasteiger partial charge in [0.2, 0.25) is 0 Å². The highest BCUT2D eigenvalue weighted by Crippen LogP contribution is 2.26. The third-order valence-corrected chi connectivity index (χ3v) is 3.39. The van der Waals surface area contributed by atoms with E-state index in [-0.39, 0.29) is 11.4 Å². The number of anilines is 1. The fraction of sp³-hybridized carbons (Fsp3) is 0.583. The van der Waals surface area contributed by atoms with Gasteiger partial charge in [-0.2, -0.15) is 0 Å². The van der Waals surface area contributed by atoms with Crippen LogP contribution in [0.5, 0.6) is 0 Å². The van der Waals surface area contributed by atoms with Crippen LogP contribution in [-0.2, 0) is 4.74 Å². The topological polar surface area (TPSA) is 88.1 Å². The fourth-order valence-electron chi connectivity index (χ4n) is 2.19. The maximum absolute atomic E-state index is 7.28. The Hall–Kier alpha value is -1.69. The van der Waals surface area contributed by atoms with Crippen molar-refractivity contribution in [2.75, 3.05) is 25.1 Å². The van der Waals surface area contributed by atoms with Crippen LogP contribution in [0.2, 0.25) is 0 Å². The lowest BCUT2D eigenvalue weighted by molar-refractivity contribution is -0.00482. The minimum absolute atomic E-state index is 0.0607. The summed E-state index contributed by atoms with van der Waals surface area (Å²) in [7, 11) is 1.74. The quantitative estimate of drug-likeness (QED) is 0.610. The van der Waals surface area contributed by atoms with Crippen LogP contribution in [0.25, 0.3) is 0 Å². The van der Waals surface area contributed by atoms with Crippen molar-refractivity contribution < 1.29 is 4.74 Å². The van der Waals surface area contributed by atoms with Gasteiger partial charge in [0, 0.05) is 20.2 Å². The van der Waals surface area contributed by atoms with Gasteiger partial charge < -0.3 is 15.4 Å². The van der Waals surface area contributed by atoms with E-state index in [4.69, 9.17) is 15.9 Å². The molecule has 1 aromatic heterocycles. The van der Waals surface area contributed by atoms with Crippen LogP contribution in [0.1, 0.15) is 25.5 Å². The summed E-state index contributed by atoms with van der Waals surface area (Å²) < 4.78 is 5.55. The van der Waals surface area contributed by atoms with Crippen LogP contribution in [0, 0.1) is 5.41 Å². The number of nitrogens with one attached hydrogen (secondary N) is 1. The second kappa shape index (κ2) is 4.89. The SMILES string of the molecule is COC1(C)CCCN(c2cnc(C(=N)N)cn2)C1. The van der Waals surface area contributed by atoms with E-state index in [0.717, 1.165) is 31.7 Å². The third-order valence-electron chi connectivity index (χ3n) is 3.39. The van der Waals surface area contributed by atoms with Crippen molar-refractivity contribution in [1.29, 1.82) is 5.41 Å². The lowest BCUT2D eigenvalue weighted by Crippen LogP contribution is -2.47. The molecular weight excluding hydrogens is 230 g/mol. The molecule has 1 aliphatic heterocycles. The lowest BCUT2D eigenvalue weighted by atomic mass is 9.95. The van der Waals surface area contributed by atoms with Crippen LogP contribution in [0.4, 0.5) is 5.82 Å². The predicted molar refractivity (Wildman–Crippen MR) is 69.9 cm³/mol. The first-order chi connectivity index (χ1) is 8.54. The molecule has 0 aliphatic carbocycles. The number of hydrogen-bond donors (Lipinski definition) is 2. The molecule has 98 valence electrons. The summed E-state index contributed by atoms with van der Waals surface area (Å²) in [6.45, 7) is 3.86. The summed E-state index contributed by atoms with van der Waals surface area (Å²) in [5.41, 5.74) is 5.64. The zero-order valence-corrected chi connectivity index (χ0v) is 10.8. The Morgan fingerprint density at radius 3 is 2.83 bits per heavy atom. The summed E-state index contributed by atoms with van der Waals surface area (Å²) in [5.74, 6) is 0.748. The highest BCUT2D eigenvalue weighted by atomic mass is 16.5. The lowest BCUT2D eigenvalue weighted by Gasteiger charge is -2.39. The van der Waals surface area contributed by atoms with Gasteiger partial charge in [-0.1, -0.05) is 0 Å². The number of nitrogens with zero attached hydrogens (tertiary/aromatic N) is 3. The molecule has 1 fully saturated rings. The standard InChI is InChI=1S/C12H19N5O/c1-12(18-2)4-3-5-17(8-12)10-7-15-9(6-16-10)11(13)14/h6-7H,3-5,8H2,1-2H3,(H3,13,14). The summed E-state index contributed by atoms with van der Waals surface area (Å²) in [6, 6.07) is 0. The first-order valence-electron chi connectivity index (χ1n) is 6.01. The van der Waals surface area contributed by atoms with Gasteiger partial charge in [0.1, 0.15) is 17.3 Å². The van der Waals surface area contributed by atoms with E-state index in [2.05, 4.69) is 21.8 Å². The molecule has 2 rings (SSSR count). The molecule has 6 heteroatoms. The fourth-order valence-corrected chi connectivity index (χ4v) is 2.19. The smallest absolute Gasteiger partial charge is 0.147 e. The number of nitrogens with two attached hydrogens (primary N) is 1. The van der Waals surface area contributed by atoms with Crippen LogP contribution < -0.4 is 10.6 Å². The van der Waals surface area contributed by atoms with Gasteiger partial charge in [0.25, 0.3) is 0 Å². The molecule has 1 aliphatic rings. The second-order valence-electron chi connectivity index (χ2n) is 4.85. The highest BCUT2D eigenvalue weighted by Gasteiger charge is 2.31. The van der Waals surface area contributed by atoms with Crippen LogP contribution in [-0.4, -0.2) is 41.6 Å². The van der Waals surface area contributed by atoms with E-state index in [0.29, 0.717) is 5.69 Å². The summed E-state index contributed by atoms with van der Waals surface area (Å²) in [5, 5.41) is 7.28. The maximum Gasteiger partial charge on any atom is 0.147 e. The molecule has 0 bridgehead atoms. The van der Waals surface area contributed by atoms with Gasteiger partial charge in [-0.3, -0.25) is 5.41 Å². The minimum atomic E-state index is -0.126. The van der Waals surface area contributed by atoms with Crippen molar-refractivity contribution in [3.05, 3.63) is 18.1 Å². The molecule has 6 nitrogen and oxygen atoms in total. The number of nitrogen functional groups attached to an aromatic ring is 1. The second-order valence-corrected chi connectivity index (χ2v) is 4.85. The number of rotatable bonds is 3. The van der Waals surface area contributed by atoms with Crippen molar-refractivity contribution in [2.45, 2.75) is 25.4 Å². The molecular formula is C12H19N5O. The van der Waals surface area contributed by atoms with Crippen molar-refractivity contribution >= 4 is 11.7 Å². The number of aromatic nitrogens is 2. The molecule has 2 heterocycles. The highest BCUT2D eigenvalue weighted by molar-refractivity contribution is 5.92. The first-order valence-corrected chi connectivity index (χ1v) is 6.01. The van der Waals surface area contributed by atoms with Crippen LogP contribution >= 0.6 is 0 Å². The molecule has 0 saturated carbocycles. The Balaban J connectivity index is 2.14. The number of methoxy groups -OCH3 is 1. The molecule has 0 aromatic carbocycles. The van der Waals surface area contributed by atoms with E-state index in [9.17, 15) is 0 Å². The average molecular weight is 249 g/mol. The summed E-state index contributed by atoms with van der Waals surface area (Å²) >= 11 is 0. The van der Waals surface area contributed by atoms with Gasteiger partial charge in [0.05, 0.1) is 18.0 Å². The van der Waals surface area contributed by atoms with Gasteiger partial charge in [-0.05, 0) is 19.8 Å². The summed E-state index contributed by atoms with van der Waals surface area (Å²) in [4.78, 5) is 10.6. The Kier molecular flexibility index (Phi) is 3.47. The molecule has 0 amide bonds. The van der Waals surface area contributed by atoms with Gasteiger partial charge >= 0.3 is 0 Å². The number of amidine groups is 1. The van der Waals surface area contributed by atoms with Gasteiger partial charge in [-0.15, -0.1) is 0 Å². The molecule has 1 atom stereocenters. The monoisotopic (exact) mass is 249 g/mol. The average Bonchev–Trinajstić information content (AvgIpc) is 2.39. The Labute approximate surface area is 107 Å². The molecule has 3 N–H and O–H groups in total. The van der Waals surface area contributed by atoms with E-state index in [1.807, 2.05) is 0 Å². The van der Waals surface area contributed by atoms with E-state index in [1.54, 1.807) is 13.3 Å². The molecule has 0 spiro atoms.